The van der Waals surface area contributed by atoms with Crippen LogP contribution >= 0.6 is 11.3 Å². The highest BCUT2D eigenvalue weighted by Gasteiger charge is 2.21. The minimum Gasteiger partial charge on any atom is -0.390 e. The molecule has 4 rings (SSSR count). The quantitative estimate of drug-likeness (QED) is 0.639. The second-order valence-electron chi connectivity index (χ2n) is 7.28. The van der Waals surface area contributed by atoms with E-state index in [4.69, 9.17) is 16.5 Å². The van der Waals surface area contributed by atoms with Gasteiger partial charge >= 0.3 is 0 Å². The molecule has 5 N–H and O–H groups in total. The summed E-state index contributed by atoms with van der Waals surface area (Å²) in [6, 6.07) is 4.42. The Hall–Kier alpha value is -2.32. The number of anilines is 3. The van der Waals surface area contributed by atoms with Gasteiger partial charge in [0.25, 0.3) is 0 Å². The summed E-state index contributed by atoms with van der Waals surface area (Å²) < 4.78 is 3.07. The van der Waals surface area contributed by atoms with Crippen molar-refractivity contribution in [3.8, 4) is 0 Å². The molecule has 4 heterocycles. The first-order valence-corrected chi connectivity index (χ1v) is 10.3. The van der Waals surface area contributed by atoms with Crippen LogP contribution in [0.2, 0.25) is 0 Å². The Labute approximate surface area is 163 Å². The smallest absolute Gasteiger partial charge is 0.150 e. The highest BCUT2D eigenvalue weighted by molar-refractivity contribution is 7.22. The number of thiophene rings is 1. The van der Waals surface area contributed by atoms with Crippen molar-refractivity contribution in [1.82, 2.24) is 14.8 Å². The normalized spacial score (nSPS) is 18.0. The molecular weight excluding hydrogens is 358 g/mol. The van der Waals surface area contributed by atoms with Gasteiger partial charge in [-0.25, -0.2) is 0 Å². The molecule has 0 amide bonds. The molecule has 0 bridgehead atoms. The van der Waals surface area contributed by atoms with Crippen LogP contribution in [-0.2, 0) is 13.6 Å². The second kappa shape index (κ2) is 7.36. The maximum absolute atomic E-state index is 6.28. The van der Waals surface area contributed by atoms with Gasteiger partial charge in [-0.3, -0.25) is 9.67 Å². The lowest BCUT2D eigenvalue weighted by Crippen LogP contribution is -2.28. The van der Waals surface area contributed by atoms with Crippen molar-refractivity contribution in [3.05, 3.63) is 29.6 Å². The zero-order valence-corrected chi connectivity index (χ0v) is 16.7. The van der Waals surface area contributed by atoms with Crippen LogP contribution in [0.4, 0.5) is 16.5 Å². The fourth-order valence-corrected chi connectivity index (χ4v) is 4.69. The first-order valence-electron chi connectivity index (χ1n) is 9.44. The van der Waals surface area contributed by atoms with Crippen molar-refractivity contribution in [3.63, 3.8) is 0 Å². The summed E-state index contributed by atoms with van der Waals surface area (Å²) in [6.07, 6.45) is 5.09. The van der Waals surface area contributed by atoms with E-state index in [0.29, 0.717) is 12.6 Å². The van der Waals surface area contributed by atoms with Gasteiger partial charge in [0.15, 0.2) is 0 Å². The lowest BCUT2D eigenvalue weighted by molar-refractivity contribution is 0.601. The molecule has 1 aliphatic rings. The lowest BCUT2D eigenvalue weighted by Gasteiger charge is -2.24. The first kappa shape index (κ1) is 18.1. The van der Waals surface area contributed by atoms with Crippen LogP contribution in [0.5, 0.6) is 0 Å². The molecule has 3 aromatic rings. The van der Waals surface area contributed by atoms with Gasteiger partial charge in [-0.1, -0.05) is 0 Å². The van der Waals surface area contributed by atoms with E-state index < -0.39 is 0 Å². The largest absolute Gasteiger partial charge is 0.390 e. The number of hydrogen-bond donors (Lipinski definition) is 3. The van der Waals surface area contributed by atoms with E-state index in [1.807, 2.05) is 30.9 Å². The number of fused-ring (bicyclic) bond motifs is 1. The maximum atomic E-state index is 6.28. The van der Waals surface area contributed by atoms with Crippen molar-refractivity contribution in [2.75, 3.05) is 29.0 Å². The van der Waals surface area contributed by atoms with Crippen molar-refractivity contribution in [1.29, 1.82) is 0 Å². The van der Waals surface area contributed by atoms with Crippen LogP contribution in [-0.4, -0.2) is 33.9 Å². The Morgan fingerprint density at radius 2 is 2.15 bits per heavy atom. The van der Waals surface area contributed by atoms with Gasteiger partial charge in [-0.15, -0.1) is 11.3 Å². The van der Waals surface area contributed by atoms with Crippen molar-refractivity contribution >= 4 is 38.1 Å². The molecule has 3 aromatic heterocycles. The van der Waals surface area contributed by atoms with Crippen molar-refractivity contribution < 1.29 is 0 Å². The number of aryl methyl sites for hydroxylation is 2. The zero-order chi connectivity index (χ0) is 19.0. The molecule has 0 radical (unpaired) electrons. The van der Waals surface area contributed by atoms with E-state index in [9.17, 15) is 0 Å². The third-order valence-electron chi connectivity index (χ3n) is 5.24. The fourth-order valence-electron chi connectivity index (χ4n) is 3.76. The number of nitrogens with zero attached hydrogens (tertiary/aromatic N) is 4. The summed E-state index contributed by atoms with van der Waals surface area (Å²) in [7, 11) is 1.99. The number of aromatic nitrogens is 3. The fraction of sp³-hybridized carbons (Fsp3) is 0.474. The van der Waals surface area contributed by atoms with Gasteiger partial charge in [0.1, 0.15) is 5.82 Å². The average Bonchev–Trinajstić information content (AvgIpc) is 3.06. The second-order valence-corrected chi connectivity index (χ2v) is 8.37. The number of nitrogens with one attached hydrogen (secondary N) is 1. The molecule has 27 heavy (non-hydrogen) atoms. The van der Waals surface area contributed by atoms with E-state index in [1.54, 1.807) is 11.3 Å². The average molecular weight is 386 g/mol. The summed E-state index contributed by atoms with van der Waals surface area (Å²) in [5.74, 6) is 1.12. The summed E-state index contributed by atoms with van der Waals surface area (Å²) >= 11 is 1.59. The highest BCUT2D eigenvalue weighted by atomic mass is 32.1. The number of pyridine rings is 1. The van der Waals surface area contributed by atoms with Gasteiger partial charge in [0.2, 0.25) is 0 Å². The molecule has 0 saturated carbocycles. The van der Waals surface area contributed by atoms with Crippen LogP contribution < -0.4 is 21.7 Å². The van der Waals surface area contributed by atoms with E-state index in [0.717, 1.165) is 70.3 Å². The molecule has 8 heteroatoms. The molecule has 1 atom stereocenters. The minimum absolute atomic E-state index is 0.297. The summed E-state index contributed by atoms with van der Waals surface area (Å²) in [5, 5.41) is 8.85. The number of nitrogens with two attached hydrogens (primary N) is 2. The van der Waals surface area contributed by atoms with E-state index in [2.05, 4.69) is 21.4 Å². The monoisotopic (exact) mass is 385 g/mol. The Bertz CT molecular complexity index is 945. The maximum Gasteiger partial charge on any atom is 0.150 e. The zero-order valence-electron chi connectivity index (χ0n) is 15.9. The SMILES string of the molecule is Cc1ccc2sc(N)c(CNc3cnn(C)c3N3CCCC(N)CC3)c2n1. The molecule has 1 saturated heterocycles. The van der Waals surface area contributed by atoms with Crippen molar-refractivity contribution in [2.24, 2.45) is 12.8 Å². The summed E-state index contributed by atoms with van der Waals surface area (Å²) in [4.78, 5) is 7.08. The summed E-state index contributed by atoms with van der Waals surface area (Å²) in [6.45, 7) is 4.61. The minimum atomic E-state index is 0.297. The third kappa shape index (κ3) is 3.59. The van der Waals surface area contributed by atoms with Gasteiger partial charge in [0, 0.05) is 44.0 Å². The van der Waals surface area contributed by atoms with Gasteiger partial charge in [0.05, 0.1) is 27.1 Å². The molecule has 7 nitrogen and oxygen atoms in total. The Morgan fingerprint density at radius 3 is 3.00 bits per heavy atom. The van der Waals surface area contributed by atoms with Crippen LogP contribution in [0.25, 0.3) is 10.2 Å². The number of rotatable bonds is 4. The molecule has 0 spiro atoms. The van der Waals surface area contributed by atoms with Crippen LogP contribution in [0.3, 0.4) is 0 Å². The van der Waals surface area contributed by atoms with E-state index in [-0.39, 0.29) is 0 Å². The molecular formula is C19H27N7S. The number of hydrogen-bond acceptors (Lipinski definition) is 7. The summed E-state index contributed by atoms with van der Waals surface area (Å²) in [5.41, 5.74) is 16.5. The highest BCUT2D eigenvalue weighted by Crippen LogP contribution is 2.34. The van der Waals surface area contributed by atoms with Crippen LogP contribution in [0.15, 0.2) is 18.3 Å². The Morgan fingerprint density at radius 1 is 1.30 bits per heavy atom. The first-order chi connectivity index (χ1) is 13.0. The predicted octanol–water partition coefficient (Wildman–Crippen LogP) is 2.85. The Balaban J connectivity index is 1.58. The van der Waals surface area contributed by atoms with E-state index in [1.165, 1.54) is 0 Å². The molecule has 1 aliphatic heterocycles. The van der Waals surface area contributed by atoms with Crippen molar-refractivity contribution in [2.45, 2.75) is 38.8 Å². The standard InChI is InChI=1S/C19H27N7S/c1-12-5-6-16-17(24-12)14(18(21)27-16)10-22-15-11-23-25(2)19(15)26-8-3-4-13(20)7-9-26/h5-6,11,13,22H,3-4,7-10,20-21H2,1-2H3. The third-order valence-corrected chi connectivity index (χ3v) is 6.25. The van der Waals surface area contributed by atoms with Crippen LogP contribution in [0, 0.1) is 6.92 Å². The Kier molecular flexibility index (Phi) is 4.92. The molecule has 144 valence electrons. The van der Waals surface area contributed by atoms with Gasteiger partial charge < -0.3 is 21.7 Å². The van der Waals surface area contributed by atoms with Crippen LogP contribution in [0.1, 0.15) is 30.5 Å². The lowest BCUT2D eigenvalue weighted by atomic mass is 10.1. The predicted molar refractivity (Wildman–Crippen MR) is 113 cm³/mol. The molecule has 1 fully saturated rings. The molecule has 0 aromatic carbocycles. The molecule has 1 unspecified atom stereocenters. The van der Waals surface area contributed by atoms with Gasteiger partial charge in [-0.05, 0) is 38.3 Å². The topological polar surface area (TPSA) is 98.0 Å². The molecule has 0 aliphatic carbocycles. The van der Waals surface area contributed by atoms with E-state index >= 15 is 0 Å². The van der Waals surface area contributed by atoms with Gasteiger partial charge in [-0.2, -0.15) is 5.10 Å². The number of nitrogen functional groups attached to an aromatic ring is 1.